The third-order valence-electron chi connectivity index (χ3n) is 4.92. The Hall–Kier alpha value is -2.45. The predicted molar refractivity (Wildman–Crippen MR) is 130 cm³/mol. The van der Waals surface area contributed by atoms with E-state index in [0.717, 1.165) is 27.8 Å². The van der Waals surface area contributed by atoms with Crippen molar-refractivity contribution in [1.29, 1.82) is 0 Å². The number of halogens is 2. The molecule has 0 aliphatic rings. The molecule has 0 spiro atoms. The van der Waals surface area contributed by atoms with Crippen LogP contribution in [-0.2, 0) is 6.54 Å². The second kappa shape index (κ2) is 8.59. The number of imidazole rings is 1. The van der Waals surface area contributed by atoms with E-state index in [0.29, 0.717) is 32.1 Å². The number of carbonyl (C=O) groups is 1. The molecular formula is C22H16Cl2N4OS2. The number of thiophene rings is 1. The summed E-state index contributed by atoms with van der Waals surface area (Å²) in [6, 6.07) is 13.4. The highest BCUT2D eigenvalue weighted by Gasteiger charge is 2.26. The molecule has 31 heavy (non-hydrogen) atoms. The van der Waals surface area contributed by atoms with Gasteiger partial charge in [-0.05, 0) is 24.6 Å². The maximum atomic E-state index is 13.7. The molecule has 2 aromatic carbocycles. The number of thiazole rings is 1. The topological polar surface area (TPSA) is 51.0 Å². The van der Waals surface area contributed by atoms with Crippen molar-refractivity contribution in [2.24, 2.45) is 0 Å². The van der Waals surface area contributed by atoms with Gasteiger partial charge >= 0.3 is 0 Å². The molecule has 0 radical (unpaired) electrons. The lowest BCUT2D eigenvalue weighted by molar-refractivity contribution is 0.0990. The molecule has 156 valence electrons. The number of hydrogen-bond donors (Lipinski definition) is 0. The zero-order chi connectivity index (χ0) is 21.4. The van der Waals surface area contributed by atoms with Crippen molar-refractivity contribution >= 4 is 77.2 Å². The molecule has 0 aliphatic carbocycles. The number of aromatic nitrogens is 3. The van der Waals surface area contributed by atoms with Gasteiger partial charge in [0, 0.05) is 35.6 Å². The van der Waals surface area contributed by atoms with E-state index in [1.54, 1.807) is 23.5 Å². The SMILES string of the molecule is O=C(c1sc2ccccc2c1Cl)N(CCCn1ccnc1)c1nc2c(Cl)cccc2s1. The number of nitrogens with zero attached hydrogens (tertiary/aromatic N) is 4. The maximum Gasteiger partial charge on any atom is 0.271 e. The summed E-state index contributed by atoms with van der Waals surface area (Å²) < 4.78 is 3.92. The van der Waals surface area contributed by atoms with Crippen LogP contribution in [0.15, 0.2) is 61.2 Å². The van der Waals surface area contributed by atoms with E-state index in [2.05, 4.69) is 4.98 Å². The van der Waals surface area contributed by atoms with Crippen LogP contribution in [0.2, 0.25) is 10.0 Å². The van der Waals surface area contributed by atoms with Gasteiger partial charge in [-0.3, -0.25) is 9.69 Å². The molecule has 5 aromatic rings. The van der Waals surface area contributed by atoms with Gasteiger partial charge in [-0.2, -0.15) is 0 Å². The fraction of sp³-hybridized carbons (Fsp3) is 0.136. The van der Waals surface area contributed by atoms with E-state index in [4.69, 9.17) is 28.2 Å². The zero-order valence-electron chi connectivity index (χ0n) is 16.2. The van der Waals surface area contributed by atoms with Crippen molar-refractivity contribution in [3.8, 4) is 0 Å². The second-order valence-electron chi connectivity index (χ2n) is 6.94. The highest BCUT2D eigenvalue weighted by molar-refractivity contribution is 7.23. The van der Waals surface area contributed by atoms with Crippen LogP contribution < -0.4 is 4.90 Å². The standard InChI is InChI=1S/C22H16Cl2N4OS2/c23-15-6-3-8-17-19(15)26-22(31-17)28(11-4-10-27-12-9-25-13-27)21(29)20-18(24)14-5-1-2-7-16(14)30-20/h1-3,5-9,12-13H,4,10-11H2. The lowest BCUT2D eigenvalue weighted by atomic mass is 10.2. The first-order valence-electron chi connectivity index (χ1n) is 9.61. The number of fused-ring (bicyclic) bond motifs is 2. The van der Waals surface area contributed by atoms with Gasteiger partial charge in [-0.15, -0.1) is 11.3 Å². The first-order valence-corrected chi connectivity index (χ1v) is 12.0. The van der Waals surface area contributed by atoms with E-state index < -0.39 is 0 Å². The molecule has 0 atom stereocenters. The quantitative estimate of drug-likeness (QED) is 0.266. The van der Waals surface area contributed by atoms with Crippen molar-refractivity contribution in [2.45, 2.75) is 13.0 Å². The van der Waals surface area contributed by atoms with Crippen LogP contribution in [0, 0.1) is 0 Å². The normalized spacial score (nSPS) is 11.4. The molecule has 5 rings (SSSR count). The largest absolute Gasteiger partial charge is 0.337 e. The number of benzene rings is 2. The average Bonchev–Trinajstić information content (AvgIpc) is 3.51. The highest BCUT2D eigenvalue weighted by atomic mass is 35.5. The predicted octanol–water partition coefficient (Wildman–Crippen LogP) is 6.75. The van der Waals surface area contributed by atoms with Gasteiger partial charge in [-0.1, -0.05) is 58.8 Å². The summed E-state index contributed by atoms with van der Waals surface area (Å²) in [6.07, 6.45) is 6.17. The van der Waals surface area contributed by atoms with Crippen molar-refractivity contribution in [2.75, 3.05) is 11.4 Å². The number of anilines is 1. The molecule has 0 saturated heterocycles. The molecule has 5 nitrogen and oxygen atoms in total. The molecule has 3 heterocycles. The van der Waals surface area contributed by atoms with Crippen LogP contribution in [0.4, 0.5) is 5.13 Å². The number of rotatable bonds is 6. The molecule has 0 unspecified atom stereocenters. The smallest absolute Gasteiger partial charge is 0.271 e. The molecule has 0 N–H and O–H groups in total. The molecular weight excluding hydrogens is 471 g/mol. The zero-order valence-corrected chi connectivity index (χ0v) is 19.3. The molecule has 0 bridgehead atoms. The molecule has 0 fully saturated rings. The van der Waals surface area contributed by atoms with Crippen LogP contribution in [0.1, 0.15) is 16.1 Å². The summed E-state index contributed by atoms with van der Waals surface area (Å²) in [5, 5.41) is 2.57. The lowest BCUT2D eigenvalue weighted by Crippen LogP contribution is -2.32. The Bertz CT molecular complexity index is 1380. The molecule has 0 aliphatic heterocycles. The minimum absolute atomic E-state index is 0.146. The van der Waals surface area contributed by atoms with Gasteiger partial charge < -0.3 is 4.57 Å². The summed E-state index contributed by atoms with van der Waals surface area (Å²) in [4.78, 5) is 24.7. The Balaban J connectivity index is 1.52. The highest BCUT2D eigenvalue weighted by Crippen LogP contribution is 2.38. The second-order valence-corrected chi connectivity index (χ2v) is 9.78. The molecule has 9 heteroatoms. The summed E-state index contributed by atoms with van der Waals surface area (Å²) in [5.41, 5.74) is 0.707. The van der Waals surface area contributed by atoms with Crippen molar-refractivity contribution in [1.82, 2.24) is 14.5 Å². The van der Waals surface area contributed by atoms with Gasteiger partial charge in [0.2, 0.25) is 0 Å². The van der Waals surface area contributed by atoms with Crippen LogP contribution in [0.5, 0.6) is 0 Å². The Morgan fingerprint density at radius 1 is 1.06 bits per heavy atom. The Labute approximate surface area is 196 Å². The lowest BCUT2D eigenvalue weighted by Gasteiger charge is -2.19. The number of aryl methyl sites for hydroxylation is 1. The third-order valence-corrected chi connectivity index (χ3v) is 7.93. The van der Waals surface area contributed by atoms with Crippen molar-refractivity contribution in [3.63, 3.8) is 0 Å². The van der Waals surface area contributed by atoms with Crippen LogP contribution in [0.25, 0.3) is 20.3 Å². The van der Waals surface area contributed by atoms with E-state index in [1.807, 2.05) is 47.2 Å². The van der Waals surface area contributed by atoms with E-state index in [-0.39, 0.29) is 5.91 Å². The van der Waals surface area contributed by atoms with Crippen LogP contribution in [0.3, 0.4) is 0 Å². The fourth-order valence-corrected chi connectivity index (χ4v) is 6.16. The Morgan fingerprint density at radius 3 is 2.68 bits per heavy atom. The Kier molecular flexibility index (Phi) is 5.67. The number of carbonyl (C=O) groups excluding carboxylic acids is 1. The van der Waals surface area contributed by atoms with Crippen molar-refractivity contribution < 1.29 is 4.79 Å². The molecule has 0 saturated carbocycles. The summed E-state index contributed by atoms with van der Waals surface area (Å²) in [6.45, 7) is 1.24. The van der Waals surface area contributed by atoms with E-state index in [9.17, 15) is 4.79 Å². The van der Waals surface area contributed by atoms with E-state index in [1.165, 1.54) is 22.7 Å². The van der Waals surface area contributed by atoms with Gasteiger partial charge in [0.15, 0.2) is 5.13 Å². The summed E-state index contributed by atoms with van der Waals surface area (Å²) >= 11 is 15.8. The van der Waals surface area contributed by atoms with Crippen LogP contribution >= 0.6 is 45.9 Å². The summed E-state index contributed by atoms with van der Waals surface area (Å²) in [5.74, 6) is -0.146. The summed E-state index contributed by atoms with van der Waals surface area (Å²) in [7, 11) is 0. The molecule has 1 amide bonds. The van der Waals surface area contributed by atoms with E-state index >= 15 is 0 Å². The number of hydrogen-bond acceptors (Lipinski definition) is 5. The number of amides is 1. The van der Waals surface area contributed by atoms with Gasteiger partial charge in [0.1, 0.15) is 10.4 Å². The first kappa shape index (κ1) is 20.5. The number of para-hydroxylation sites is 1. The maximum absolute atomic E-state index is 13.7. The third kappa shape index (κ3) is 3.94. The van der Waals surface area contributed by atoms with Gasteiger partial charge in [0.05, 0.1) is 21.1 Å². The van der Waals surface area contributed by atoms with Gasteiger partial charge in [-0.25, -0.2) is 9.97 Å². The van der Waals surface area contributed by atoms with Crippen LogP contribution in [-0.4, -0.2) is 27.0 Å². The Morgan fingerprint density at radius 2 is 1.90 bits per heavy atom. The minimum atomic E-state index is -0.146. The monoisotopic (exact) mass is 486 g/mol. The van der Waals surface area contributed by atoms with Gasteiger partial charge in [0.25, 0.3) is 5.91 Å². The first-order chi connectivity index (χ1) is 15.1. The molecule has 3 aromatic heterocycles. The minimum Gasteiger partial charge on any atom is -0.337 e. The fourth-order valence-electron chi connectivity index (χ4n) is 3.41. The average molecular weight is 487 g/mol. The van der Waals surface area contributed by atoms with Crippen molar-refractivity contribution in [3.05, 3.63) is 76.1 Å².